The minimum Gasteiger partial charge on any atom is -0.351 e. The average molecular weight is 319 g/mol. The highest BCUT2D eigenvalue weighted by Gasteiger charge is 2.14. The van der Waals surface area contributed by atoms with Crippen molar-refractivity contribution in [1.29, 1.82) is 0 Å². The first-order chi connectivity index (χ1) is 11.0. The van der Waals surface area contributed by atoms with Crippen molar-refractivity contribution in [2.45, 2.75) is 13.3 Å². The first-order valence-corrected chi connectivity index (χ1v) is 7.18. The Bertz CT molecular complexity index is 546. The molecule has 0 saturated carbocycles. The fraction of sp³-hybridized carbons (Fsp3) is 0.375. The van der Waals surface area contributed by atoms with Crippen LogP contribution in [0.4, 0.5) is 0 Å². The summed E-state index contributed by atoms with van der Waals surface area (Å²) in [4.78, 5) is 37.3. The zero-order chi connectivity index (χ0) is 17.1. The molecule has 124 valence electrons. The molecule has 1 rings (SSSR count). The summed E-state index contributed by atoms with van der Waals surface area (Å²) in [6, 6.07) is 9.65. The predicted molar refractivity (Wildman–Crippen MR) is 85.8 cm³/mol. The third-order valence-electron chi connectivity index (χ3n) is 3.03. The SMILES string of the molecule is C=NC(=O)COCNC(=O)CNC(=O)[C@@H](C)Cc1ccccc1. The molecular weight excluding hydrogens is 298 g/mol. The normalized spacial score (nSPS) is 11.3. The number of benzene rings is 1. The largest absolute Gasteiger partial charge is 0.351 e. The predicted octanol–water partition coefficient (Wildman–Crippen LogP) is 0.299. The van der Waals surface area contributed by atoms with Crippen LogP contribution in [0.15, 0.2) is 35.3 Å². The Labute approximate surface area is 135 Å². The van der Waals surface area contributed by atoms with Gasteiger partial charge in [-0.3, -0.25) is 14.4 Å². The molecule has 0 bridgehead atoms. The van der Waals surface area contributed by atoms with E-state index in [1.165, 1.54) is 0 Å². The molecule has 1 aromatic carbocycles. The number of carbonyl (C=O) groups is 3. The maximum Gasteiger partial charge on any atom is 0.271 e. The highest BCUT2D eigenvalue weighted by molar-refractivity contribution is 5.85. The molecule has 3 amide bonds. The summed E-state index contributed by atoms with van der Waals surface area (Å²) in [6.07, 6.45) is 0.605. The summed E-state index contributed by atoms with van der Waals surface area (Å²) in [6.45, 7) is 4.34. The molecule has 7 heteroatoms. The molecule has 0 aliphatic carbocycles. The Morgan fingerprint density at radius 1 is 1.22 bits per heavy atom. The van der Waals surface area contributed by atoms with Crippen LogP contribution < -0.4 is 10.6 Å². The Morgan fingerprint density at radius 2 is 1.91 bits per heavy atom. The van der Waals surface area contributed by atoms with Crippen molar-refractivity contribution < 1.29 is 19.1 Å². The molecular formula is C16H21N3O4. The highest BCUT2D eigenvalue weighted by atomic mass is 16.5. The summed E-state index contributed by atoms with van der Waals surface area (Å²) < 4.78 is 4.86. The molecule has 0 unspecified atom stereocenters. The minimum absolute atomic E-state index is 0.129. The lowest BCUT2D eigenvalue weighted by Gasteiger charge is -2.12. The van der Waals surface area contributed by atoms with Crippen molar-refractivity contribution in [1.82, 2.24) is 10.6 Å². The molecule has 0 aliphatic rings. The molecule has 0 saturated heterocycles. The number of nitrogens with zero attached hydrogens (tertiary/aromatic N) is 1. The topological polar surface area (TPSA) is 96.9 Å². The van der Waals surface area contributed by atoms with Gasteiger partial charge in [-0.15, -0.1) is 0 Å². The summed E-state index contributed by atoms with van der Waals surface area (Å²) in [5, 5.41) is 4.98. The van der Waals surface area contributed by atoms with Crippen LogP contribution in [-0.2, 0) is 25.5 Å². The van der Waals surface area contributed by atoms with Crippen LogP contribution >= 0.6 is 0 Å². The van der Waals surface area contributed by atoms with Gasteiger partial charge in [-0.25, -0.2) is 4.99 Å². The van der Waals surface area contributed by atoms with E-state index in [4.69, 9.17) is 4.74 Å². The monoisotopic (exact) mass is 319 g/mol. The summed E-state index contributed by atoms with van der Waals surface area (Å²) in [5.41, 5.74) is 1.06. The number of hydrogen-bond acceptors (Lipinski definition) is 4. The van der Waals surface area contributed by atoms with Gasteiger partial charge in [-0.1, -0.05) is 37.3 Å². The van der Waals surface area contributed by atoms with Crippen LogP contribution in [0.5, 0.6) is 0 Å². The Balaban J connectivity index is 2.20. The summed E-state index contributed by atoms with van der Waals surface area (Å²) in [7, 11) is 0. The molecule has 23 heavy (non-hydrogen) atoms. The lowest BCUT2D eigenvalue weighted by molar-refractivity contribution is -0.129. The van der Waals surface area contributed by atoms with Crippen LogP contribution in [0.2, 0.25) is 0 Å². The first kappa shape index (κ1) is 18.5. The molecule has 0 spiro atoms. The minimum atomic E-state index is -0.512. The van der Waals surface area contributed by atoms with Crippen LogP contribution in [-0.4, -0.2) is 44.3 Å². The second kappa shape index (κ2) is 10.2. The van der Waals surface area contributed by atoms with E-state index in [1.54, 1.807) is 6.92 Å². The molecule has 0 aromatic heterocycles. The van der Waals surface area contributed by atoms with Crippen molar-refractivity contribution in [3.63, 3.8) is 0 Å². The van der Waals surface area contributed by atoms with Crippen molar-refractivity contribution in [3.8, 4) is 0 Å². The van der Waals surface area contributed by atoms with Gasteiger partial charge in [0, 0.05) is 5.92 Å². The van der Waals surface area contributed by atoms with Crippen molar-refractivity contribution >= 4 is 24.4 Å². The smallest absolute Gasteiger partial charge is 0.271 e. The van der Waals surface area contributed by atoms with Crippen LogP contribution in [0.25, 0.3) is 0 Å². The molecule has 0 heterocycles. The molecule has 2 N–H and O–H groups in total. The van der Waals surface area contributed by atoms with E-state index < -0.39 is 11.8 Å². The van der Waals surface area contributed by atoms with E-state index in [2.05, 4.69) is 22.3 Å². The van der Waals surface area contributed by atoms with Gasteiger partial charge in [0.25, 0.3) is 5.91 Å². The van der Waals surface area contributed by atoms with E-state index in [1.807, 2.05) is 30.3 Å². The van der Waals surface area contributed by atoms with Gasteiger partial charge in [0.2, 0.25) is 11.8 Å². The van der Waals surface area contributed by atoms with E-state index in [0.29, 0.717) is 6.42 Å². The van der Waals surface area contributed by atoms with E-state index in [-0.39, 0.29) is 31.7 Å². The first-order valence-electron chi connectivity index (χ1n) is 7.18. The number of rotatable bonds is 9. The molecule has 0 aliphatic heterocycles. The molecule has 0 fully saturated rings. The summed E-state index contributed by atoms with van der Waals surface area (Å²) in [5.74, 6) is -1.35. The third-order valence-corrected chi connectivity index (χ3v) is 3.03. The Hall–Kier alpha value is -2.54. The summed E-state index contributed by atoms with van der Waals surface area (Å²) >= 11 is 0. The number of nitrogens with one attached hydrogen (secondary N) is 2. The number of hydrogen-bond donors (Lipinski definition) is 2. The lowest BCUT2D eigenvalue weighted by atomic mass is 10.0. The van der Waals surface area contributed by atoms with Gasteiger partial charge < -0.3 is 15.4 Å². The van der Waals surface area contributed by atoms with Gasteiger partial charge in [0.15, 0.2) is 0 Å². The van der Waals surface area contributed by atoms with Gasteiger partial charge in [-0.2, -0.15) is 0 Å². The molecule has 1 aromatic rings. The van der Waals surface area contributed by atoms with Crippen LogP contribution in [0.3, 0.4) is 0 Å². The van der Waals surface area contributed by atoms with Crippen molar-refractivity contribution in [3.05, 3.63) is 35.9 Å². The van der Waals surface area contributed by atoms with Gasteiger partial charge >= 0.3 is 0 Å². The quantitative estimate of drug-likeness (QED) is 0.389. The average Bonchev–Trinajstić information content (AvgIpc) is 2.57. The van der Waals surface area contributed by atoms with Gasteiger partial charge in [0.1, 0.15) is 13.3 Å². The van der Waals surface area contributed by atoms with Crippen LogP contribution in [0, 0.1) is 5.92 Å². The van der Waals surface area contributed by atoms with Gasteiger partial charge in [-0.05, 0) is 18.7 Å². The molecule has 7 nitrogen and oxygen atoms in total. The number of amides is 3. The zero-order valence-electron chi connectivity index (χ0n) is 13.1. The number of aliphatic imine (C=N–C) groups is 1. The fourth-order valence-electron chi connectivity index (χ4n) is 1.78. The van der Waals surface area contributed by atoms with Crippen molar-refractivity contribution in [2.75, 3.05) is 19.9 Å². The van der Waals surface area contributed by atoms with E-state index >= 15 is 0 Å². The highest BCUT2D eigenvalue weighted by Crippen LogP contribution is 2.07. The van der Waals surface area contributed by atoms with Crippen LogP contribution in [0.1, 0.15) is 12.5 Å². The van der Waals surface area contributed by atoms with Gasteiger partial charge in [0.05, 0.1) is 6.54 Å². The molecule has 0 radical (unpaired) electrons. The maximum atomic E-state index is 11.9. The standard InChI is InChI=1S/C16H21N3O4/c1-12(8-13-6-4-3-5-7-13)16(22)18-9-14(20)19-11-23-10-15(21)17-2/h3-7,12H,2,8-11H2,1H3,(H,18,22)(H,19,20)/t12-/m0/s1. The van der Waals surface area contributed by atoms with E-state index in [0.717, 1.165) is 5.56 Å². The molecule has 1 atom stereocenters. The fourth-order valence-corrected chi connectivity index (χ4v) is 1.78. The number of carbonyl (C=O) groups excluding carboxylic acids is 3. The third kappa shape index (κ3) is 7.87. The maximum absolute atomic E-state index is 11.9. The second-order valence-corrected chi connectivity index (χ2v) is 4.95. The lowest BCUT2D eigenvalue weighted by Crippen LogP contribution is -2.40. The zero-order valence-corrected chi connectivity index (χ0v) is 13.1. The second-order valence-electron chi connectivity index (χ2n) is 4.95. The Kier molecular flexibility index (Phi) is 8.23. The number of ether oxygens (including phenoxy) is 1. The van der Waals surface area contributed by atoms with E-state index in [9.17, 15) is 14.4 Å². The Morgan fingerprint density at radius 3 is 2.57 bits per heavy atom. The van der Waals surface area contributed by atoms with Crippen molar-refractivity contribution in [2.24, 2.45) is 10.9 Å².